The largest absolute Gasteiger partial charge is 0.490 e. The summed E-state index contributed by atoms with van der Waals surface area (Å²) in [4.78, 5) is 19.1. The lowest BCUT2D eigenvalue weighted by molar-refractivity contribution is -0.192. The molecule has 0 aromatic heterocycles. The molecular formula is C7H10F3NO5. The van der Waals surface area contributed by atoms with Crippen molar-refractivity contribution in [2.45, 2.75) is 24.7 Å². The Balaban J connectivity index is 0.000000293. The summed E-state index contributed by atoms with van der Waals surface area (Å²) < 4.78 is 31.7. The van der Waals surface area contributed by atoms with Crippen LogP contribution in [0.2, 0.25) is 0 Å². The maximum atomic E-state index is 10.6. The number of aliphatic hydroxyl groups excluding tert-OH is 1. The van der Waals surface area contributed by atoms with Crippen molar-refractivity contribution >= 4 is 11.9 Å². The second-order valence-corrected chi connectivity index (χ2v) is 2.93. The lowest BCUT2D eigenvalue weighted by atomic mass is 10.2. The van der Waals surface area contributed by atoms with Crippen LogP contribution in [0.15, 0.2) is 0 Å². The minimum atomic E-state index is -5.08. The molecule has 0 aromatic carbocycles. The maximum Gasteiger partial charge on any atom is 0.490 e. The summed E-state index contributed by atoms with van der Waals surface area (Å²) in [5, 5.41) is 27.1. The quantitative estimate of drug-likeness (QED) is 0.492. The number of halogens is 3. The molecule has 0 spiro atoms. The average molecular weight is 245 g/mol. The zero-order valence-corrected chi connectivity index (χ0v) is 7.86. The zero-order valence-electron chi connectivity index (χ0n) is 7.86. The van der Waals surface area contributed by atoms with Crippen LogP contribution in [0.5, 0.6) is 0 Å². The average Bonchev–Trinajstić information content (AvgIpc) is 2.50. The first-order chi connectivity index (χ1) is 7.16. The van der Waals surface area contributed by atoms with Crippen molar-refractivity contribution in [1.29, 1.82) is 0 Å². The molecule has 9 heteroatoms. The third kappa shape index (κ3) is 4.94. The smallest absolute Gasteiger partial charge is 0.480 e. The van der Waals surface area contributed by atoms with E-state index >= 15 is 0 Å². The van der Waals surface area contributed by atoms with Crippen molar-refractivity contribution in [3.05, 3.63) is 0 Å². The molecular weight excluding hydrogens is 235 g/mol. The predicted octanol–water partition coefficient (Wildman–Crippen LogP) is -0.573. The monoisotopic (exact) mass is 245 g/mol. The van der Waals surface area contributed by atoms with Crippen LogP contribution in [0, 0.1) is 0 Å². The first-order valence-corrected chi connectivity index (χ1v) is 4.10. The summed E-state index contributed by atoms with van der Waals surface area (Å²) in [5.41, 5.74) is 0. The summed E-state index contributed by atoms with van der Waals surface area (Å²) in [6, 6.07) is -0.745. The zero-order chi connectivity index (χ0) is 12.9. The Hall–Kier alpha value is -1.35. The number of alkyl halides is 3. The first kappa shape index (κ1) is 14.6. The van der Waals surface area contributed by atoms with Crippen LogP contribution in [0.1, 0.15) is 6.42 Å². The highest BCUT2D eigenvalue weighted by Gasteiger charge is 2.38. The van der Waals surface area contributed by atoms with E-state index in [-0.39, 0.29) is 0 Å². The topological polar surface area (TPSA) is 107 Å². The van der Waals surface area contributed by atoms with Crippen molar-refractivity contribution in [2.24, 2.45) is 0 Å². The number of carboxylic acid groups (broad SMARTS) is 2. The Morgan fingerprint density at radius 1 is 1.25 bits per heavy atom. The number of hydrogen-bond acceptors (Lipinski definition) is 4. The Kier molecular flexibility index (Phi) is 5.18. The van der Waals surface area contributed by atoms with Crippen LogP contribution in [0.4, 0.5) is 13.2 Å². The number of aliphatic carboxylic acids is 2. The Morgan fingerprint density at radius 3 is 1.81 bits per heavy atom. The summed E-state index contributed by atoms with van der Waals surface area (Å²) in [7, 11) is 0. The molecule has 1 aliphatic heterocycles. The Morgan fingerprint density at radius 2 is 1.69 bits per heavy atom. The van der Waals surface area contributed by atoms with Crippen molar-refractivity contribution in [3.8, 4) is 0 Å². The van der Waals surface area contributed by atoms with Gasteiger partial charge in [0.05, 0.1) is 6.10 Å². The van der Waals surface area contributed by atoms with Gasteiger partial charge in [-0.1, -0.05) is 0 Å². The molecule has 2 unspecified atom stereocenters. The third-order valence-electron chi connectivity index (χ3n) is 1.70. The van der Waals surface area contributed by atoms with Crippen molar-refractivity contribution in [1.82, 2.24) is 5.32 Å². The Labute approximate surface area is 87.7 Å². The number of carboxylic acids is 2. The standard InChI is InChI=1S/C5H9NO3.C2HF3O2/c7-3-1-2-6-4(3)5(8)9;3-2(4,5)1(6)7/h3-4,6-7H,1-2H2,(H,8,9);(H,6,7). The molecule has 0 aromatic rings. The molecule has 1 fully saturated rings. The van der Waals surface area contributed by atoms with E-state index in [0.29, 0.717) is 13.0 Å². The van der Waals surface area contributed by atoms with Crippen molar-refractivity contribution in [2.75, 3.05) is 6.54 Å². The van der Waals surface area contributed by atoms with Gasteiger partial charge >= 0.3 is 18.1 Å². The highest BCUT2D eigenvalue weighted by atomic mass is 19.4. The van der Waals surface area contributed by atoms with Gasteiger partial charge in [-0.25, -0.2) is 4.79 Å². The van der Waals surface area contributed by atoms with Gasteiger partial charge in [0, 0.05) is 0 Å². The lowest BCUT2D eigenvalue weighted by Gasteiger charge is -2.06. The fourth-order valence-electron chi connectivity index (χ4n) is 0.941. The molecule has 1 saturated heterocycles. The van der Waals surface area contributed by atoms with E-state index in [1.54, 1.807) is 0 Å². The summed E-state index contributed by atoms with van der Waals surface area (Å²) in [5.74, 6) is -3.73. The molecule has 1 aliphatic rings. The highest BCUT2D eigenvalue weighted by molar-refractivity contribution is 5.74. The molecule has 16 heavy (non-hydrogen) atoms. The number of nitrogens with one attached hydrogen (secondary N) is 1. The minimum Gasteiger partial charge on any atom is -0.480 e. The van der Waals surface area contributed by atoms with Crippen LogP contribution in [-0.4, -0.2) is 52.1 Å². The van der Waals surface area contributed by atoms with Gasteiger partial charge in [-0.2, -0.15) is 13.2 Å². The molecule has 0 bridgehead atoms. The molecule has 94 valence electrons. The molecule has 1 rings (SSSR count). The van der Waals surface area contributed by atoms with Gasteiger partial charge < -0.3 is 20.6 Å². The van der Waals surface area contributed by atoms with E-state index in [4.69, 9.17) is 20.1 Å². The van der Waals surface area contributed by atoms with Crippen molar-refractivity contribution in [3.63, 3.8) is 0 Å². The first-order valence-electron chi connectivity index (χ1n) is 4.10. The highest BCUT2D eigenvalue weighted by Crippen LogP contribution is 2.13. The third-order valence-corrected chi connectivity index (χ3v) is 1.70. The fraction of sp³-hybridized carbons (Fsp3) is 0.714. The lowest BCUT2D eigenvalue weighted by Crippen LogP contribution is -2.38. The number of rotatable bonds is 1. The minimum absolute atomic E-state index is 0.539. The molecule has 6 nitrogen and oxygen atoms in total. The van der Waals surface area contributed by atoms with Crippen LogP contribution in [0.25, 0.3) is 0 Å². The molecule has 4 N–H and O–H groups in total. The van der Waals surface area contributed by atoms with Gasteiger partial charge in [0.15, 0.2) is 0 Å². The second kappa shape index (κ2) is 5.66. The van der Waals surface area contributed by atoms with E-state index in [2.05, 4.69) is 5.32 Å². The van der Waals surface area contributed by atoms with Crippen LogP contribution < -0.4 is 5.32 Å². The summed E-state index contributed by atoms with van der Waals surface area (Å²) in [6.45, 7) is 0.595. The van der Waals surface area contributed by atoms with E-state index < -0.39 is 30.3 Å². The fourth-order valence-corrected chi connectivity index (χ4v) is 0.941. The number of carbonyl (C=O) groups is 2. The predicted molar refractivity (Wildman–Crippen MR) is 43.7 cm³/mol. The van der Waals surface area contributed by atoms with Crippen LogP contribution >= 0.6 is 0 Å². The SMILES string of the molecule is O=C(O)C(F)(F)F.O=C(O)C1NCCC1O. The van der Waals surface area contributed by atoms with Gasteiger partial charge in [-0.05, 0) is 13.0 Å². The second-order valence-electron chi connectivity index (χ2n) is 2.93. The Bertz CT molecular complexity index is 267. The molecule has 0 saturated carbocycles. The van der Waals surface area contributed by atoms with E-state index in [9.17, 15) is 18.0 Å². The molecule has 0 amide bonds. The number of hydrogen-bond donors (Lipinski definition) is 4. The number of aliphatic hydroxyl groups is 1. The van der Waals surface area contributed by atoms with Crippen LogP contribution in [0.3, 0.4) is 0 Å². The van der Waals surface area contributed by atoms with E-state index in [1.165, 1.54) is 0 Å². The van der Waals surface area contributed by atoms with Gasteiger partial charge in [0.2, 0.25) is 0 Å². The molecule has 1 heterocycles. The van der Waals surface area contributed by atoms with Gasteiger partial charge in [0.1, 0.15) is 6.04 Å². The molecule has 2 atom stereocenters. The molecule has 0 radical (unpaired) electrons. The van der Waals surface area contributed by atoms with Gasteiger partial charge in [-0.3, -0.25) is 4.79 Å². The van der Waals surface area contributed by atoms with Gasteiger partial charge in [-0.15, -0.1) is 0 Å². The maximum absolute atomic E-state index is 10.6. The van der Waals surface area contributed by atoms with Gasteiger partial charge in [0.25, 0.3) is 0 Å². The molecule has 0 aliphatic carbocycles. The van der Waals surface area contributed by atoms with E-state index in [0.717, 1.165) is 0 Å². The summed E-state index contributed by atoms with van der Waals surface area (Å²) in [6.07, 6.45) is -5.25. The summed E-state index contributed by atoms with van der Waals surface area (Å²) >= 11 is 0. The van der Waals surface area contributed by atoms with E-state index in [1.807, 2.05) is 0 Å². The van der Waals surface area contributed by atoms with Crippen molar-refractivity contribution < 1.29 is 38.1 Å². The normalized spacial score (nSPS) is 24.5. The van der Waals surface area contributed by atoms with Crippen LogP contribution in [-0.2, 0) is 9.59 Å².